The summed E-state index contributed by atoms with van der Waals surface area (Å²) >= 11 is 1.88. The molecule has 1 unspecified atom stereocenters. The van der Waals surface area contributed by atoms with E-state index in [1.54, 1.807) is 6.20 Å². The number of nitrogens with two attached hydrogens (primary N) is 1. The normalized spacial score (nSPS) is 25.0. The number of rotatable bonds is 2. The first-order valence-electron chi connectivity index (χ1n) is 6.95. The minimum Gasteiger partial charge on any atom is -0.323 e. The Morgan fingerprint density at radius 3 is 2.81 bits per heavy atom. The van der Waals surface area contributed by atoms with Crippen LogP contribution in [0.25, 0.3) is 16.9 Å². The lowest BCUT2D eigenvalue weighted by Gasteiger charge is -2.44. The van der Waals surface area contributed by atoms with Crippen molar-refractivity contribution in [2.75, 3.05) is 5.75 Å². The van der Waals surface area contributed by atoms with E-state index >= 15 is 0 Å². The van der Waals surface area contributed by atoms with Gasteiger partial charge >= 0.3 is 0 Å². The Morgan fingerprint density at radius 2 is 2.14 bits per heavy atom. The molecule has 1 aliphatic heterocycles. The van der Waals surface area contributed by atoms with E-state index < -0.39 is 0 Å². The van der Waals surface area contributed by atoms with E-state index in [1.807, 2.05) is 40.7 Å². The summed E-state index contributed by atoms with van der Waals surface area (Å²) in [5, 5.41) is 5.02. The van der Waals surface area contributed by atoms with Gasteiger partial charge in [0.2, 0.25) is 0 Å². The standard InChI is InChI=1S/C16H16N4S/c1-16(17)10-21-15(16)12-9-13-18-7-8-20(13)19-14(12)11-5-3-2-4-6-11/h2-9,15H,10,17H2,1H3/t15?,16-/m0/s1. The second kappa shape index (κ2) is 4.58. The highest BCUT2D eigenvalue weighted by molar-refractivity contribution is 8.01. The van der Waals surface area contributed by atoms with Gasteiger partial charge in [0.1, 0.15) is 0 Å². The van der Waals surface area contributed by atoms with Crippen molar-refractivity contribution in [2.24, 2.45) is 5.73 Å². The summed E-state index contributed by atoms with van der Waals surface area (Å²) in [6, 6.07) is 12.4. The molecular formula is C16H16N4S. The molecule has 0 spiro atoms. The molecule has 4 nitrogen and oxygen atoms in total. The number of aromatic nitrogens is 3. The van der Waals surface area contributed by atoms with Crippen LogP contribution in [0.4, 0.5) is 0 Å². The van der Waals surface area contributed by atoms with Crippen molar-refractivity contribution in [2.45, 2.75) is 17.7 Å². The molecule has 2 N–H and O–H groups in total. The molecule has 2 aromatic heterocycles. The topological polar surface area (TPSA) is 56.2 Å². The van der Waals surface area contributed by atoms with Crippen LogP contribution in [0.3, 0.4) is 0 Å². The number of hydrogen-bond acceptors (Lipinski definition) is 4. The van der Waals surface area contributed by atoms with E-state index in [0.29, 0.717) is 0 Å². The fraction of sp³-hybridized carbons (Fsp3) is 0.250. The smallest absolute Gasteiger partial charge is 0.153 e. The number of hydrogen-bond donors (Lipinski definition) is 1. The number of benzene rings is 1. The molecule has 0 radical (unpaired) electrons. The molecule has 1 aromatic carbocycles. The molecule has 21 heavy (non-hydrogen) atoms. The Kier molecular flexibility index (Phi) is 2.80. The van der Waals surface area contributed by atoms with Gasteiger partial charge in [-0.1, -0.05) is 30.3 Å². The molecule has 3 aromatic rings. The van der Waals surface area contributed by atoms with Crippen molar-refractivity contribution in [1.82, 2.24) is 14.6 Å². The monoisotopic (exact) mass is 296 g/mol. The second-order valence-corrected chi connectivity index (χ2v) is 6.83. The predicted molar refractivity (Wildman–Crippen MR) is 86.2 cm³/mol. The van der Waals surface area contributed by atoms with Gasteiger partial charge in [-0.05, 0) is 18.6 Å². The van der Waals surface area contributed by atoms with Crippen LogP contribution < -0.4 is 5.73 Å². The van der Waals surface area contributed by atoms with Gasteiger partial charge in [-0.15, -0.1) is 11.8 Å². The summed E-state index contributed by atoms with van der Waals surface area (Å²) < 4.78 is 1.82. The molecule has 5 heteroatoms. The molecule has 4 rings (SSSR count). The maximum absolute atomic E-state index is 6.39. The SMILES string of the molecule is C[C@]1(N)CSC1c1cc2nccn2nc1-c1ccccc1. The Labute approximate surface area is 127 Å². The summed E-state index contributed by atoms with van der Waals surface area (Å²) in [7, 11) is 0. The lowest BCUT2D eigenvalue weighted by molar-refractivity contribution is 0.479. The van der Waals surface area contributed by atoms with Gasteiger partial charge in [-0.25, -0.2) is 9.50 Å². The molecule has 2 atom stereocenters. The summed E-state index contributed by atoms with van der Waals surface area (Å²) in [6.45, 7) is 2.11. The molecular weight excluding hydrogens is 280 g/mol. The van der Waals surface area contributed by atoms with E-state index in [-0.39, 0.29) is 10.8 Å². The molecule has 0 amide bonds. The predicted octanol–water partition coefficient (Wildman–Crippen LogP) is 2.90. The third kappa shape index (κ3) is 2.04. The second-order valence-electron chi connectivity index (χ2n) is 5.74. The molecule has 1 fully saturated rings. The minimum absolute atomic E-state index is 0.180. The van der Waals surface area contributed by atoms with Gasteiger partial charge in [-0.3, -0.25) is 0 Å². The number of nitrogens with zero attached hydrogens (tertiary/aromatic N) is 3. The van der Waals surface area contributed by atoms with Crippen LogP contribution in [0.5, 0.6) is 0 Å². The quantitative estimate of drug-likeness (QED) is 0.790. The van der Waals surface area contributed by atoms with Crippen LogP contribution in [-0.4, -0.2) is 25.9 Å². The van der Waals surface area contributed by atoms with Gasteiger partial charge in [-0.2, -0.15) is 5.10 Å². The van der Waals surface area contributed by atoms with Crippen LogP contribution in [0.2, 0.25) is 0 Å². The van der Waals surface area contributed by atoms with Crippen LogP contribution >= 0.6 is 11.8 Å². The Balaban J connectivity index is 1.94. The van der Waals surface area contributed by atoms with Crippen LogP contribution in [0.15, 0.2) is 48.8 Å². The van der Waals surface area contributed by atoms with E-state index in [2.05, 4.69) is 30.1 Å². The van der Waals surface area contributed by atoms with Gasteiger partial charge in [0, 0.05) is 29.2 Å². The van der Waals surface area contributed by atoms with Crippen molar-refractivity contribution in [3.05, 3.63) is 54.4 Å². The molecule has 0 saturated carbocycles. The number of imidazole rings is 1. The van der Waals surface area contributed by atoms with Crippen LogP contribution in [-0.2, 0) is 0 Å². The Morgan fingerprint density at radius 1 is 1.33 bits per heavy atom. The number of fused-ring (bicyclic) bond motifs is 1. The molecule has 1 saturated heterocycles. The van der Waals surface area contributed by atoms with Gasteiger partial charge in [0.25, 0.3) is 0 Å². The lowest BCUT2D eigenvalue weighted by Crippen LogP contribution is -2.51. The largest absolute Gasteiger partial charge is 0.323 e. The van der Waals surface area contributed by atoms with Crippen molar-refractivity contribution in [3.63, 3.8) is 0 Å². The first kappa shape index (κ1) is 12.9. The summed E-state index contributed by atoms with van der Waals surface area (Å²) in [6.07, 6.45) is 3.65. The summed E-state index contributed by atoms with van der Waals surface area (Å²) in [4.78, 5) is 4.35. The molecule has 3 heterocycles. The molecule has 106 valence electrons. The maximum atomic E-state index is 6.39. The van der Waals surface area contributed by atoms with Crippen molar-refractivity contribution in [1.29, 1.82) is 0 Å². The maximum Gasteiger partial charge on any atom is 0.153 e. The highest BCUT2D eigenvalue weighted by atomic mass is 32.2. The average Bonchev–Trinajstić information content (AvgIpc) is 2.93. The third-order valence-electron chi connectivity index (χ3n) is 3.90. The van der Waals surface area contributed by atoms with E-state index in [1.165, 1.54) is 5.56 Å². The Bertz CT molecular complexity index is 794. The van der Waals surface area contributed by atoms with Crippen molar-refractivity contribution < 1.29 is 0 Å². The summed E-state index contributed by atoms with van der Waals surface area (Å²) in [5.74, 6) is 0.978. The van der Waals surface area contributed by atoms with Gasteiger partial charge in [0.05, 0.1) is 10.9 Å². The first-order valence-corrected chi connectivity index (χ1v) is 8.00. The zero-order chi connectivity index (χ0) is 14.4. The van der Waals surface area contributed by atoms with E-state index in [9.17, 15) is 0 Å². The molecule has 1 aliphatic rings. The van der Waals surface area contributed by atoms with Gasteiger partial charge in [0.15, 0.2) is 5.65 Å². The van der Waals surface area contributed by atoms with Crippen molar-refractivity contribution >= 4 is 17.4 Å². The zero-order valence-corrected chi connectivity index (χ0v) is 12.5. The fourth-order valence-electron chi connectivity index (χ4n) is 2.76. The average molecular weight is 296 g/mol. The van der Waals surface area contributed by atoms with Gasteiger partial charge < -0.3 is 5.73 Å². The van der Waals surface area contributed by atoms with E-state index in [4.69, 9.17) is 10.8 Å². The third-order valence-corrected chi connectivity index (χ3v) is 5.82. The lowest BCUT2D eigenvalue weighted by atomic mass is 9.91. The van der Waals surface area contributed by atoms with Crippen LogP contribution in [0.1, 0.15) is 17.7 Å². The highest BCUT2D eigenvalue weighted by Crippen LogP contribution is 2.50. The molecule has 0 bridgehead atoms. The van der Waals surface area contributed by atoms with E-state index in [0.717, 1.165) is 22.7 Å². The zero-order valence-electron chi connectivity index (χ0n) is 11.7. The molecule has 0 aliphatic carbocycles. The first-order chi connectivity index (χ1) is 10.1. The summed E-state index contributed by atoms with van der Waals surface area (Å²) in [5.41, 5.74) is 10.4. The highest BCUT2D eigenvalue weighted by Gasteiger charge is 2.42. The van der Waals surface area contributed by atoms with Crippen LogP contribution in [0, 0.1) is 0 Å². The van der Waals surface area contributed by atoms with Crippen molar-refractivity contribution in [3.8, 4) is 11.3 Å². The minimum atomic E-state index is -0.180. The number of thioether (sulfide) groups is 1. The Hall–Kier alpha value is -1.85. The fourth-order valence-corrected chi connectivity index (χ4v) is 3.98.